The van der Waals surface area contributed by atoms with E-state index in [0.29, 0.717) is 5.95 Å². The molecule has 28 heavy (non-hydrogen) atoms. The van der Waals surface area contributed by atoms with Gasteiger partial charge in [-0.15, -0.1) is 0 Å². The summed E-state index contributed by atoms with van der Waals surface area (Å²) >= 11 is 0. The van der Waals surface area contributed by atoms with Crippen molar-refractivity contribution >= 4 is 22.7 Å². The smallest absolute Gasteiger partial charge is 0.225 e. The van der Waals surface area contributed by atoms with Crippen molar-refractivity contribution in [1.29, 1.82) is 0 Å². The van der Waals surface area contributed by atoms with Crippen LogP contribution in [0.25, 0.3) is 10.9 Å². The van der Waals surface area contributed by atoms with Crippen LogP contribution < -0.4 is 15.0 Å². The normalized spacial score (nSPS) is 14.7. The summed E-state index contributed by atoms with van der Waals surface area (Å²) < 4.78 is 5.22. The molecule has 1 fully saturated rings. The van der Waals surface area contributed by atoms with Crippen molar-refractivity contribution < 1.29 is 4.74 Å². The molecule has 0 aliphatic carbocycles. The van der Waals surface area contributed by atoms with Gasteiger partial charge < -0.3 is 15.0 Å². The van der Waals surface area contributed by atoms with Gasteiger partial charge in [-0.25, -0.2) is 4.98 Å². The fraction of sp³-hybridized carbons (Fsp3) is 0.391. The second-order valence-electron chi connectivity index (χ2n) is 7.31. The van der Waals surface area contributed by atoms with Crippen molar-refractivity contribution in [3.05, 3.63) is 54.1 Å². The lowest BCUT2D eigenvalue weighted by Crippen LogP contribution is -2.25. The van der Waals surface area contributed by atoms with Crippen LogP contribution in [0.4, 0.5) is 11.8 Å². The Labute approximate surface area is 166 Å². The average Bonchev–Trinajstić information content (AvgIpc) is 3.03. The van der Waals surface area contributed by atoms with Gasteiger partial charge in [-0.3, -0.25) is 0 Å². The van der Waals surface area contributed by atoms with E-state index < -0.39 is 0 Å². The van der Waals surface area contributed by atoms with Crippen molar-refractivity contribution in [2.75, 3.05) is 37.0 Å². The molecule has 3 aromatic rings. The molecule has 0 spiro atoms. The maximum atomic E-state index is 5.22. The monoisotopic (exact) mass is 376 g/mol. The first-order chi connectivity index (χ1) is 13.8. The van der Waals surface area contributed by atoms with Crippen LogP contribution in [0.15, 0.2) is 48.5 Å². The van der Waals surface area contributed by atoms with Gasteiger partial charge in [-0.05, 0) is 49.1 Å². The molecule has 1 aromatic heterocycles. The molecule has 0 saturated carbocycles. The Kier molecular flexibility index (Phi) is 5.90. The molecule has 5 heteroatoms. The van der Waals surface area contributed by atoms with Gasteiger partial charge in [0.2, 0.25) is 5.95 Å². The third-order valence-corrected chi connectivity index (χ3v) is 5.34. The molecule has 1 saturated heterocycles. The molecule has 4 rings (SSSR count). The zero-order valence-corrected chi connectivity index (χ0v) is 16.5. The maximum absolute atomic E-state index is 5.22. The highest BCUT2D eigenvalue weighted by molar-refractivity contribution is 5.90. The van der Waals surface area contributed by atoms with E-state index in [4.69, 9.17) is 14.7 Å². The topological polar surface area (TPSA) is 50.3 Å². The molecule has 1 aliphatic heterocycles. The van der Waals surface area contributed by atoms with Crippen molar-refractivity contribution in [3.8, 4) is 5.75 Å². The first-order valence-electron chi connectivity index (χ1n) is 10.2. The Hall–Kier alpha value is -2.82. The van der Waals surface area contributed by atoms with Gasteiger partial charge in [-0.1, -0.05) is 37.1 Å². The van der Waals surface area contributed by atoms with Crippen LogP contribution in [0.5, 0.6) is 5.75 Å². The summed E-state index contributed by atoms with van der Waals surface area (Å²) in [6.45, 7) is 2.95. The molecular formula is C23H28N4O. The largest absolute Gasteiger partial charge is 0.497 e. The number of hydrogen-bond donors (Lipinski definition) is 1. The second kappa shape index (κ2) is 8.91. The molecule has 146 valence electrons. The molecular weight excluding hydrogens is 348 g/mol. The summed E-state index contributed by atoms with van der Waals surface area (Å²) in [5.41, 5.74) is 2.27. The van der Waals surface area contributed by atoms with E-state index in [1.54, 1.807) is 7.11 Å². The minimum absolute atomic E-state index is 0.714. The predicted molar refractivity (Wildman–Crippen MR) is 115 cm³/mol. The summed E-state index contributed by atoms with van der Waals surface area (Å²) in [5, 5.41) is 4.57. The highest BCUT2D eigenvalue weighted by atomic mass is 16.5. The third-order valence-electron chi connectivity index (χ3n) is 5.34. The highest BCUT2D eigenvalue weighted by Gasteiger charge is 2.16. The molecule has 5 nitrogen and oxygen atoms in total. The molecule has 0 radical (unpaired) electrons. The first-order valence-corrected chi connectivity index (χ1v) is 10.2. The molecule has 2 heterocycles. The minimum Gasteiger partial charge on any atom is -0.497 e. The lowest BCUT2D eigenvalue weighted by molar-refractivity contribution is 0.414. The molecule has 1 aliphatic rings. The number of hydrogen-bond acceptors (Lipinski definition) is 5. The second-order valence-corrected chi connectivity index (χ2v) is 7.31. The van der Waals surface area contributed by atoms with Gasteiger partial charge in [0.25, 0.3) is 0 Å². The van der Waals surface area contributed by atoms with Crippen molar-refractivity contribution in [1.82, 2.24) is 9.97 Å². The van der Waals surface area contributed by atoms with Crippen LogP contribution in [0.2, 0.25) is 0 Å². The Balaban J connectivity index is 1.51. The minimum atomic E-state index is 0.714. The molecule has 0 bridgehead atoms. The zero-order valence-electron chi connectivity index (χ0n) is 16.5. The average molecular weight is 377 g/mol. The van der Waals surface area contributed by atoms with Crippen LogP contribution in [0, 0.1) is 0 Å². The van der Waals surface area contributed by atoms with E-state index in [0.717, 1.165) is 48.5 Å². The molecule has 1 N–H and O–H groups in total. The summed E-state index contributed by atoms with van der Waals surface area (Å²) in [6.07, 6.45) is 6.01. The van der Waals surface area contributed by atoms with E-state index in [1.807, 2.05) is 18.2 Å². The first kappa shape index (κ1) is 18.5. The van der Waals surface area contributed by atoms with Gasteiger partial charge >= 0.3 is 0 Å². The van der Waals surface area contributed by atoms with Crippen LogP contribution in [0.3, 0.4) is 0 Å². The van der Waals surface area contributed by atoms with Crippen LogP contribution in [-0.4, -0.2) is 36.7 Å². The fourth-order valence-electron chi connectivity index (χ4n) is 3.77. The lowest BCUT2D eigenvalue weighted by Gasteiger charge is -2.23. The maximum Gasteiger partial charge on any atom is 0.225 e. The van der Waals surface area contributed by atoms with E-state index in [-0.39, 0.29) is 0 Å². The molecule has 0 unspecified atom stereocenters. The number of fused-ring (bicyclic) bond motifs is 1. The van der Waals surface area contributed by atoms with Gasteiger partial charge in [0.05, 0.1) is 12.6 Å². The number of anilines is 2. The SMILES string of the molecule is COc1ccc(CCNc2nc(N3CCCCCC3)c3ccccc3n2)cc1. The van der Waals surface area contributed by atoms with Crippen molar-refractivity contribution in [2.45, 2.75) is 32.1 Å². The predicted octanol–water partition coefficient (Wildman–Crippen LogP) is 4.67. The Morgan fingerprint density at radius 1 is 0.929 bits per heavy atom. The van der Waals surface area contributed by atoms with Crippen molar-refractivity contribution in [3.63, 3.8) is 0 Å². The quantitative estimate of drug-likeness (QED) is 0.677. The lowest BCUT2D eigenvalue weighted by atomic mass is 10.1. The fourth-order valence-corrected chi connectivity index (χ4v) is 3.77. The third kappa shape index (κ3) is 4.35. The standard InChI is InChI=1S/C23H28N4O/c1-28-19-12-10-18(11-13-19)14-15-24-23-25-21-9-5-4-8-20(21)22(26-23)27-16-6-2-3-7-17-27/h4-5,8-13H,2-3,6-7,14-17H2,1H3,(H,24,25,26). The number of aromatic nitrogens is 2. The summed E-state index contributed by atoms with van der Waals surface area (Å²) in [7, 11) is 1.69. The van der Waals surface area contributed by atoms with E-state index in [9.17, 15) is 0 Å². The Bertz CT molecular complexity index is 902. The number of rotatable bonds is 6. The molecule has 0 atom stereocenters. The van der Waals surface area contributed by atoms with Gasteiger partial charge in [-0.2, -0.15) is 4.98 Å². The van der Waals surface area contributed by atoms with E-state index >= 15 is 0 Å². The number of nitrogens with one attached hydrogen (secondary N) is 1. The number of benzene rings is 2. The summed E-state index contributed by atoms with van der Waals surface area (Å²) in [6, 6.07) is 16.5. The summed E-state index contributed by atoms with van der Waals surface area (Å²) in [4.78, 5) is 12.1. The van der Waals surface area contributed by atoms with Crippen LogP contribution >= 0.6 is 0 Å². The van der Waals surface area contributed by atoms with Crippen molar-refractivity contribution in [2.24, 2.45) is 0 Å². The number of methoxy groups -OCH3 is 1. The van der Waals surface area contributed by atoms with Gasteiger partial charge in [0, 0.05) is 25.0 Å². The number of nitrogens with zero attached hydrogens (tertiary/aromatic N) is 3. The highest BCUT2D eigenvalue weighted by Crippen LogP contribution is 2.27. The molecule has 0 amide bonds. The Morgan fingerprint density at radius 3 is 2.43 bits per heavy atom. The Morgan fingerprint density at radius 2 is 1.68 bits per heavy atom. The molecule has 2 aromatic carbocycles. The summed E-state index contributed by atoms with van der Waals surface area (Å²) in [5.74, 6) is 2.67. The zero-order chi connectivity index (χ0) is 19.2. The number of ether oxygens (including phenoxy) is 1. The van der Waals surface area contributed by atoms with Crippen LogP contribution in [-0.2, 0) is 6.42 Å². The van der Waals surface area contributed by atoms with Crippen LogP contribution in [0.1, 0.15) is 31.2 Å². The van der Waals surface area contributed by atoms with E-state index in [2.05, 4.69) is 40.5 Å². The number of para-hydroxylation sites is 1. The van der Waals surface area contributed by atoms with Gasteiger partial charge in [0.15, 0.2) is 0 Å². The van der Waals surface area contributed by atoms with Gasteiger partial charge in [0.1, 0.15) is 11.6 Å². The van der Waals surface area contributed by atoms with E-state index in [1.165, 1.54) is 31.2 Å².